The smallest absolute Gasteiger partial charge is 0.254 e. The first-order valence-electron chi connectivity index (χ1n) is 6.94. The number of allylic oxidation sites excluding steroid dienone is 2. The van der Waals surface area contributed by atoms with E-state index in [4.69, 9.17) is 4.42 Å². The Morgan fingerprint density at radius 2 is 2.10 bits per heavy atom. The van der Waals surface area contributed by atoms with Crippen molar-refractivity contribution >= 4 is 22.4 Å². The molecule has 1 heterocycles. The van der Waals surface area contributed by atoms with Crippen molar-refractivity contribution in [2.24, 2.45) is 0 Å². The Morgan fingerprint density at radius 1 is 1.40 bits per heavy atom. The zero-order valence-corrected chi connectivity index (χ0v) is 12.8. The van der Waals surface area contributed by atoms with Gasteiger partial charge in [-0.2, -0.15) is 0 Å². The fraction of sp³-hybridized carbons (Fsp3) is 0.353. The highest BCUT2D eigenvalue weighted by molar-refractivity contribution is 6.07. The molecule has 3 heteroatoms. The summed E-state index contributed by atoms with van der Waals surface area (Å²) in [6.07, 6.45) is 2.95. The molecule has 20 heavy (non-hydrogen) atoms. The average Bonchev–Trinajstić information content (AvgIpc) is 2.80. The van der Waals surface area contributed by atoms with E-state index in [1.165, 1.54) is 0 Å². The van der Waals surface area contributed by atoms with Crippen LogP contribution in [0.15, 0.2) is 22.6 Å². The summed E-state index contributed by atoms with van der Waals surface area (Å²) in [4.78, 5) is 12.1. The van der Waals surface area contributed by atoms with Crippen LogP contribution in [-0.4, -0.2) is 13.0 Å². The number of aryl methyl sites for hydroxylation is 2. The van der Waals surface area contributed by atoms with Crippen molar-refractivity contribution in [3.63, 3.8) is 0 Å². The summed E-state index contributed by atoms with van der Waals surface area (Å²) in [7, 11) is 1.64. The van der Waals surface area contributed by atoms with E-state index in [1.807, 2.05) is 19.9 Å². The van der Waals surface area contributed by atoms with Gasteiger partial charge in [-0.05, 0) is 50.5 Å². The summed E-state index contributed by atoms with van der Waals surface area (Å²) in [6, 6.07) is 4.04. The van der Waals surface area contributed by atoms with Crippen LogP contribution in [0.5, 0.6) is 0 Å². The number of amides is 1. The molecule has 0 saturated heterocycles. The van der Waals surface area contributed by atoms with Gasteiger partial charge >= 0.3 is 0 Å². The van der Waals surface area contributed by atoms with Crippen LogP contribution in [0.2, 0.25) is 0 Å². The van der Waals surface area contributed by atoms with Gasteiger partial charge < -0.3 is 9.73 Å². The van der Waals surface area contributed by atoms with Crippen molar-refractivity contribution < 1.29 is 9.21 Å². The van der Waals surface area contributed by atoms with Crippen molar-refractivity contribution in [2.45, 2.75) is 34.1 Å². The minimum absolute atomic E-state index is 0.108. The van der Waals surface area contributed by atoms with Crippen molar-refractivity contribution in [1.29, 1.82) is 0 Å². The Bertz CT molecular complexity index is 693. The molecule has 3 nitrogen and oxygen atoms in total. The molecule has 0 aliphatic heterocycles. The first-order chi connectivity index (χ1) is 9.53. The van der Waals surface area contributed by atoms with E-state index < -0.39 is 0 Å². The highest BCUT2D eigenvalue weighted by Crippen LogP contribution is 2.34. The van der Waals surface area contributed by atoms with Gasteiger partial charge in [-0.15, -0.1) is 0 Å². The molecule has 2 aromatic rings. The number of rotatable bonds is 3. The Morgan fingerprint density at radius 3 is 2.65 bits per heavy atom. The first kappa shape index (κ1) is 14.4. The lowest BCUT2D eigenvalue weighted by Gasteiger charge is -2.05. The number of hydrogen-bond donors (Lipinski definition) is 1. The summed E-state index contributed by atoms with van der Waals surface area (Å²) < 4.78 is 5.87. The molecule has 0 spiro atoms. The van der Waals surface area contributed by atoms with Crippen LogP contribution in [0.1, 0.15) is 48.0 Å². The van der Waals surface area contributed by atoms with E-state index in [0.717, 1.165) is 34.3 Å². The highest BCUT2D eigenvalue weighted by atomic mass is 16.3. The van der Waals surface area contributed by atoms with E-state index in [1.54, 1.807) is 7.05 Å². The minimum Gasteiger partial charge on any atom is -0.460 e. The average molecular weight is 271 g/mol. The molecule has 0 radical (unpaired) electrons. The van der Waals surface area contributed by atoms with Gasteiger partial charge in [0.05, 0.1) is 5.56 Å². The summed E-state index contributed by atoms with van der Waals surface area (Å²) in [5.41, 5.74) is 4.69. The van der Waals surface area contributed by atoms with E-state index in [-0.39, 0.29) is 5.91 Å². The zero-order chi connectivity index (χ0) is 14.9. The molecule has 1 aromatic carbocycles. The number of benzene rings is 1. The molecule has 0 aliphatic rings. The van der Waals surface area contributed by atoms with Gasteiger partial charge in [-0.1, -0.05) is 13.0 Å². The summed E-state index contributed by atoms with van der Waals surface area (Å²) in [5.74, 6) is 0.748. The van der Waals surface area contributed by atoms with E-state index in [0.29, 0.717) is 11.1 Å². The highest BCUT2D eigenvalue weighted by Gasteiger charge is 2.19. The molecule has 0 unspecified atom stereocenters. The SMILES string of the molecule is C/C=C(\C)c1c(C)oc2c(C(=O)NC)cc(CC)cc12. The topological polar surface area (TPSA) is 42.2 Å². The van der Waals surface area contributed by atoms with Crippen molar-refractivity contribution in [3.8, 4) is 0 Å². The largest absolute Gasteiger partial charge is 0.460 e. The summed E-state index contributed by atoms with van der Waals surface area (Å²) >= 11 is 0. The molecule has 0 atom stereocenters. The fourth-order valence-electron chi connectivity index (χ4n) is 2.52. The van der Waals surface area contributed by atoms with Crippen molar-refractivity contribution in [3.05, 3.63) is 40.7 Å². The van der Waals surface area contributed by atoms with Gasteiger partial charge in [0.15, 0.2) is 0 Å². The van der Waals surface area contributed by atoms with Crippen molar-refractivity contribution in [2.75, 3.05) is 7.05 Å². The summed E-state index contributed by atoms with van der Waals surface area (Å²) in [6.45, 7) is 8.11. The van der Waals surface area contributed by atoms with E-state index >= 15 is 0 Å². The van der Waals surface area contributed by atoms with Crippen LogP contribution >= 0.6 is 0 Å². The number of carbonyl (C=O) groups excluding carboxylic acids is 1. The van der Waals surface area contributed by atoms with Gasteiger partial charge in [0.25, 0.3) is 5.91 Å². The first-order valence-corrected chi connectivity index (χ1v) is 6.94. The third-order valence-corrected chi connectivity index (χ3v) is 3.73. The second kappa shape index (κ2) is 5.53. The van der Waals surface area contributed by atoms with Crippen LogP contribution in [0.3, 0.4) is 0 Å². The fourth-order valence-corrected chi connectivity index (χ4v) is 2.52. The monoisotopic (exact) mass is 271 g/mol. The quantitative estimate of drug-likeness (QED) is 0.913. The maximum absolute atomic E-state index is 12.1. The number of nitrogens with one attached hydrogen (secondary N) is 1. The second-order valence-electron chi connectivity index (χ2n) is 4.96. The maximum atomic E-state index is 12.1. The summed E-state index contributed by atoms with van der Waals surface area (Å²) in [5, 5.41) is 3.71. The van der Waals surface area contributed by atoms with E-state index in [9.17, 15) is 4.79 Å². The number of carbonyl (C=O) groups is 1. The van der Waals surface area contributed by atoms with Crippen LogP contribution in [0.25, 0.3) is 16.5 Å². The van der Waals surface area contributed by atoms with E-state index in [2.05, 4.69) is 31.3 Å². The predicted molar refractivity (Wildman–Crippen MR) is 83.0 cm³/mol. The Labute approximate surface area is 119 Å². The molecular weight excluding hydrogens is 250 g/mol. The lowest BCUT2D eigenvalue weighted by molar-refractivity contribution is 0.0963. The van der Waals surface area contributed by atoms with Gasteiger partial charge in [0.1, 0.15) is 11.3 Å². The van der Waals surface area contributed by atoms with Gasteiger partial charge in [0.2, 0.25) is 0 Å². The zero-order valence-electron chi connectivity index (χ0n) is 12.8. The normalized spacial score (nSPS) is 11.9. The predicted octanol–water partition coefficient (Wildman–Crippen LogP) is 4.09. The molecule has 2 rings (SSSR count). The molecule has 106 valence electrons. The molecule has 0 fully saturated rings. The minimum atomic E-state index is -0.108. The lowest BCUT2D eigenvalue weighted by Crippen LogP contribution is -2.18. The third-order valence-electron chi connectivity index (χ3n) is 3.73. The number of hydrogen-bond acceptors (Lipinski definition) is 2. The third kappa shape index (κ3) is 2.24. The standard InChI is InChI=1S/C17H21NO2/c1-6-10(3)15-11(4)20-16-13(15)8-12(7-2)9-14(16)17(19)18-5/h6,8-9H,7H2,1-5H3,(H,18,19)/b10-6+. The van der Waals surface area contributed by atoms with Crippen LogP contribution in [0, 0.1) is 6.92 Å². The Hall–Kier alpha value is -2.03. The molecule has 0 aliphatic carbocycles. The molecular formula is C17H21NO2. The maximum Gasteiger partial charge on any atom is 0.254 e. The molecule has 0 bridgehead atoms. The second-order valence-corrected chi connectivity index (χ2v) is 4.96. The Balaban J connectivity index is 2.86. The van der Waals surface area contributed by atoms with Gasteiger partial charge in [-0.25, -0.2) is 0 Å². The van der Waals surface area contributed by atoms with Crippen LogP contribution in [0.4, 0.5) is 0 Å². The molecule has 1 N–H and O–H groups in total. The van der Waals surface area contributed by atoms with Crippen molar-refractivity contribution in [1.82, 2.24) is 5.32 Å². The van der Waals surface area contributed by atoms with Crippen LogP contribution < -0.4 is 5.32 Å². The van der Waals surface area contributed by atoms with Gasteiger partial charge in [-0.3, -0.25) is 4.79 Å². The Kier molecular flexibility index (Phi) is 3.98. The lowest BCUT2D eigenvalue weighted by atomic mass is 9.98. The molecule has 1 aromatic heterocycles. The molecule has 0 saturated carbocycles. The number of furan rings is 1. The number of fused-ring (bicyclic) bond motifs is 1. The molecule has 1 amide bonds. The van der Waals surface area contributed by atoms with Gasteiger partial charge in [0, 0.05) is 18.0 Å². The van der Waals surface area contributed by atoms with Crippen LogP contribution in [-0.2, 0) is 6.42 Å².